The molecule has 0 aliphatic carbocycles. The minimum Gasteiger partial charge on any atom is -0.444 e. The molecule has 118 valence electrons. The average molecular weight is 320 g/mol. The fourth-order valence-electron chi connectivity index (χ4n) is 1.96. The molecule has 0 aliphatic rings. The third-order valence-corrected chi connectivity index (χ3v) is 3.06. The zero-order chi connectivity index (χ0) is 16.8. The van der Waals surface area contributed by atoms with Crippen molar-refractivity contribution in [3.63, 3.8) is 0 Å². The van der Waals surface area contributed by atoms with E-state index in [2.05, 4.69) is 20.4 Å². The van der Waals surface area contributed by atoms with Crippen LogP contribution in [0.15, 0.2) is 55.0 Å². The van der Waals surface area contributed by atoms with Crippen molar-refractivity contribution in [2.75, 3.05) is 5.32 Å². The van der Waals surface area contributed by atoms with E-state index in [-0.39, 0.29) is 23.9 Å². The van der Waals surface area contributed by atoms with E-state index < -0.39 is 6.09 Å². The zero-order valence-corrected chi connectivity index (χ0v) is 12.5. The fraction of sp³-hybridized carbons (Fsp3) is 0.0625. The number of hydrogen-bond acceptors (Lipinski definition) is 6. The van der Waals surface area contributed by atoms with E-state index in [0.717, 1.165) is 5.56 Å². The molecule has 0 radical (unpaired) electrons. The van der Waals surface area contributed by atoms with Crippen molar-refractivity contribution in [1.29, 1.82) is 5.26 Å². The highest BCUT2D eigenvalue weighted by Gasteiger charge is 2.17. The lowest BCUT2D eigenvalue weighted by molar-refractivity contribution is 0.155. The maximum Gasteiger partial charge on any atom is 0.413 e. The van der Waals surface area contributed by atoms with Crippen LogP contribution in [-0.2, 0) is 11.3 Å². The first-order valence-electron chi connectivity index (χ1n) is 7.01. The lowest BCUT2D eigenvalue weighted by Gasteiger charge is -2.09. The molecule has 8 nitrogen and oxygen atoms in total. The normalized spacial score (nSPS) is 9.96. The van der Waals surface area contributed by atoms with Crippen molar-refractivity contribution < 1.29 is 9.53 Å². The number of aromatic nitrogens is 4. The Bertz CT molecular complexity index is 871. The van der Waals surface area contributed by atoms with Crippen LogP contribution in [0.5, 0.6) is 0 Å². The zero-order valence-electron chi connectivity index (χ0n) is 12.5. The molecule has 1 aromatic carbocycles. The molecule has 1 amide bonds. The first-order valence-corrected chi connectivity index (χ1v) is 7.01. The summed E-state index contributed by atoms with van der Waals surface area (Å²) < 4.78 is 6.42. The topological polar surface area (TPSA) is 106 Å². The Morgan fingerprint density at radius 1 is 1.21 bits per heavy atom. The lowest BCUT2D eigenvalue weighted by atomic mass is 10.2. The minimum absolute atomic E-state index is 0.116. The summed E-state index contributed by atoms with van der Waals surface area (Å²) in [7, 11) is 0. The summed E-state index contributed by atoms with van der Waals surface area (Å²) in [5.41, 5.74) is 1.03. The molecule has 24 heavy (non-hydrogen) atoms. The third-order valence-electron chi connectivity index (χ3n) is 3.06. The van der Waals surface area contributed by atoms with Crippen LogP contribution in [0.1, 0.15) is 11.1 Å². The summed E-state index contributed by atoms with van der Waals surface area (Å²) in [5, 5.41) is 15.7. The Balaban J connectivity index is 1.76. The second-order valence-electron chi connectivity index (χ2n) is 4.67. The molecule has 0 unspecified atom stereocenters. The van der Waals surface area contributed by atoms with Crippen LogP contribution in [0.4, 0.5) is 10.6 Å². The van der Waals surface area contributed by atoms with Gasteiger partial charge in [-0.3, -0.25) is 5.32 Å². The Morgan fingerprint density at radius 3 is 2.67 bits per heavy atom. The second-order valence-corrected chi connectivity index (χ2v) is 4.67. The maximum absolute atomic E-state index is 12.0. The van der Waals surface area contributed by atoms with E-state index in [4.69, 9.17) is 10.00 Å². The highest BCUT2D eigenvalue weighted by atomic mass is 16.5. The summed E-state index contributed by atoms with van der Waals surface area (Å²) in [4.78, 5) is 20.1. The van der Waals surface area contributed by atoms with Gasteiger partial charge < -0.3 is 4.74 Å². The summed E-state index contributed by atoms with van der Waals surface area (Å²) in [6, 6.07) is 12.9. The first kappa shape index (κ1) is 15.2. The van der Waals surface area contributed by atoms with Crippen LogP contribution in [0.2, 0.25) is 0 Å². The summed E-state index contributed by atoms with van der Waals surface area (Å²) in [6.07, 6.45) is 3.69. The number of benzene rings is 1. The van der Waals surface area contributed by atoms with Crippen LogP contribution in [-0.4, -0.2) is 25.8 Å². The average Bonchev–Trinajstić information content (AvgIpc) is 3.04. The summed E-state index contributed by atoms with van der Waals surface area (Å²) >= 11 is 0. The van der Waals surface area contributed by atoms with E-state index in [1.165, 1.54) is 23.3 Å². The smallest absolute Gasteiger partial charge is 0.413 e. The molecule has 1 N–H and O–H groups in total. The van der Waals surface area contributed by atoms with Gasteiger partial charge in [0.05, 0.1) is 6.20 Å². The molecular weight excluding hydrogens is 308 g/mol. The number of ether oxygens (including phenoxy) is 1. The van der Waals surface area contributed by atoms with Gasteiger partial charge in [-0.05, 0) is 11.6 Å². The molecule has 0 saturated carbocycles. The van der Waals surface area contributed by atoms with Gasteiger partial charge in [0.25, 0.3) is 5.95 Å². The molecule has 2 aromatic heterocycles. The number of amides is 1. The van der Waals surface area contributed by atoms with Gasteiger partial charge in [0.15, 0.2) is 5.82 Å². The molecule has 2 heterocycles. The summed E-state index contributed by atoms with van der Waals surface area (Å²) in [5.74, 6) is 0.388. The SMILES string of the molecule is N#Cc1cnn(-c2ncccn2)c1NC(=O)OCc1ccccc1. The van der Waals surface area contributed by atoms with E-state index >= 15 is 0 Å². The molecule has 0 spiro atoms. The molecule has 3 rings (SSSR count). The van der Waals surface area contributed by atoms with Crippen molar-refractivity contribution in [2.45, 2.75) is 6.61 Å². The van der Waals surface area contributed by atoms with Gasteiger partial charge in [0.1, 0.15) is 18.2 Å². The number of nitriles is 1. The first-order chi connectivity index (χ1) is 11.8. The molecule has 0 bridgehead atoms. The van der Waals surface area contributed by atoms with Crippen LogP contribution in [0.3, 0.4) is 0 Å². The van der Waals surface area contributed by atoms with Gasteiger partial charge in [-0.1, -0.05) is 30.3 Å². The Kier molecular flexibility index (Phi) is 4.44. The van der Waals surface area contributed by atoms with Crippen LogP contribution in [0, 0.1) is 11.3 Å². The van der Waals surface area contributed by atoms with Gasteiger partial charge in [0, 0.05) is 12.4 Å². The van der Waals surface area contributed by atoms with Gasteiger partial charge in [-0.15, -0.1) is 0 Å². The molecule has 0 saturated heterocycles. The number of nitrogens with one attached hydrogen (secondary N) is 1. The van der Waals surface area contributed by atoms with E-state index in [9.17, 15) is 4.79 Å². The predicted molar refractivity (Wildman–Crippen MR) is 84.1 cm³/mol. The number of carbonyl (C=O) groups is 1. The van der Waals surface area contributed by atoms with Crippen molar-refractivity contribution in [3.8, 4) is 12.0 Å². The van der Waals surface area contributed by atoms with E-state index in [0.29, 0.717) is 0 Å². The highest BCUT2D eigenvalue weighted by molar-refractivity contribution is 5.85. The molecular formula is C16H12N6O2. The maximum atomic E-state index is 12.0. The molecule has 8 heteroatoms. The van der Waals surface area contributed by atoms with Crippen LogP contribution >= 0.6 is 0 Å². The number of nitrogens with zero attached hydrogens (tertiary/aromatic N) is 5. The molecule has 0 atom stereocenters. The van der Waals surface area contributed by atoms with Crippen molar-refractivity contribution >= 4 is 11.9 Å². The number of carbonyl (C=O) groups excluding carboxylic acids is 1. The quantitative estimate of drug-likeness (QED) is 0.790. The molecule has 0 aliphatic heterocycles. The van der Waals surface area contributed by atoms with Gasteiger partial charge in [-0.2, -0.15) is 15.0 Å². The minimum atomic E-state index is -0.701. The number of anilines is 1. The van der Waals surface area contributed by atoms with E-state index in [1.807, 2.05) is 36.4 Å². The summed E-state index contributed by atoms with van der Waals surface area (Å²) in [6.45, 7) is 0.116. The van der Waals surface area contributed by atoms with E-state index in [1.54, 1.807) is 6.07 Å². The standard InChI is InChI=1S/C16H12N6O2/c17-9-13-10-20-22(15-18-7-4-8-19-15)14(13)21-16(23)24-11-12-5-2-1-3-6-12/h1-8,10H,11H2,(H,21,23). The van der Waals surface area contributed by atoms with Gasteiger partial charge >= 0.3 is 6.09 Å². The van der Waals surface area contributed by atoms with Crippen LogP contribution < -0.4 is 5.32 Å². The fourth-order valence-corrected chi connectivity index (χ4v) is 1.96. The molecule has 0 fully saturated rings. The highest BCUT2D eigenvalue weighted by Crippen LogP contribution is 2.17. The Labute approximate surface area is 137 Å². The van der Waals surface area contributed by atoms with Gasteiger partial charge in [0.2, 0.25) is 0 Å². The predicted octanol–water partition coefficient (Wildman–Crippen LogP) is 2.28. The Morgan fingerprint density at radius 2 is 1.96 bits per heavy atom. The third kappa shape index (κ3) is 3.36. The van der Waals surface area contributed by atoms with Crippen molar-refractivity contribution in [2.24, 2.45) is 0 Å². The monoisotopic (exact) mass is 320 g/mol. The lowest BCUT2D eigenvalue weighted by Crippen LogP contribution is -2.17. The van der Waals surface area contributed by atoms with Crippen molar-refractivity contribution in [3.05, 3.63) is 66.1 Å². The Hall–Kier alpha value is -3.73. The van der Waals surface area contributed by atoms with Crippen LogP contribution in [0.25, 0.3) is 5.95 Å². The largest absolute Gasteiger partial charge is 0.444 e. The van der Waals surface area contributed by atoms with Crippen molar-refractivity contribution in [1.82, 2.24) is 19.7 Å². The number of hydrogen-bond donors (Lipinski definition) is 1. The second kappa shape index (κ2) is 7.02. The molecule has 3 aromatic rings. The number of rotatable bonds is 4. The van der Waals surface area contributed by atoms with Gasteiger partial charge in [-0.25, -0.2) is 14.8 Å².